The quantitative estimate of drug-likeness (QED) is 0.812. The lowest BCUT2D eigenvalue weighted by Crippen LogP contribution is -2.07. The molecule has 0 heterocycles. The molecule has 5 heteroatoms. The number of nitrogens with one attached hydrogen (secondary N) is 1. The maximum Gasteiger partial charge on any atom is 0.309 e. The molecule has 0 amide bonds. The lowest BCUT2D eigenvalue weighted by molar-refractivity contribution is -0.139. The van der Waals surface area contributed by atoms with E-state index >= 15 is 0 Å². The molecule has 0 saturated carbocycles. The third kappa shape index (κ3) is 4.39. The van der Waals surface area contributed by atoms with Gasteiger partial charge in [0, 0.05) is 6.54 Å². The fourth-order valence-corrected chi connectivity index (χ4v) is 2.67. The molecule has 0 saturated heterocycles. The normalized spacial score (nSPS) is 10.4. The number of phenolic OH excluding ortho intramolecular Hbond substituents is 1. The Morgan fingerprint density at radius 2 is 1.87 bits per heavy atom. The molecule has 2 N–H and O–H groups in total. The van der Waals surface area contributed by atoms with Gasteiger partial charge in [-0.1, -0.05) is 17.7 Å². The van der Waals surface area contributed by atoms with Gasteiger partial charge < -0.3 is 15.2 Å². The molecule has 0 fully saturated rings. The number of methoxy groups -OCH3 is 1. The van der Waals surface area contributed by atoms with Crippen molar-refractivity contribution < 1.29 is 14.6 Å². The van der Waals surface area contributed by atoms with Crippen molar-refractivity contribution in [1.82, 2.24) is 0 Å². The van der Waals surface area contributed by atoms with Gasteiger partial charge in [0.1, 0.15) is 5.75 Å². The number of hydrogen-bond donors (Lipinski definition) is 2. The molecule has 0 aliphatic carbocycles. The minimum Gasteiger partial charge on any atom is -0.508 e. The molecular formula is C18H20ClNO3. The molecule has 0 aliphatic heterocycles. The molecular weight excluding hydrogens is 314 g/mol. The predicted molar refractivity (Wildman–Crippen MR) is 92.1 cm³/mol. The Morgan fingerprint density at radius 3 is 2.48 bits per heavy atom. The van der Waals surface area contributed by atoms with Crippen LogP contribution in [0.1, 0.15) is 22.3 Å². The first-order chi connectivity index (χ1) is 10.9. The molecule has 0 aromatic heterocycles. The van der Waals surface area contributed by atoms with Crippen LogP contribution in [-0.4, -0.2) is 18.2 Å². The maximum absolute atomic E-state index is 11.4. The number of aromatic hydroxyl groups is 1. The maximum atomic E-state index is 11.4. The van der Waals surface area contributed by atoms with E-state index < -0.39 is 0 Å². The summed E-state index contributed by atoms with van der Waals surface area (Å²) in [6, 6.07) is 8.89. The molecule has 0 aliphatic rings. The summed E-state index contributed by atoms with van der Waals surface area (Å²) >= 11 is 6.22. The van der Waals surface area contributed by atoms with Crippen LogP contribution in [0.25, 0.3) is 0 Å². The molecule has 0 bridgehead atoms. The van der Waals surface area contributed by atoms with E-state index in [9.17, 15) is 9.90 Å². The van der Waals surface area contributed by atoms with Crippen molar-refractivity contribution in [3.63, 3.8) is 0 Å². The van der Waals surface area contributed by atoms with Gasteiger partial charge in [0.15, 0.2) is 0 Å². The van der Waals surface area contributed by atoms with Crippen LogP contribution >= 0.6 is 11.6 Å². The highest BCUT2D eigenvalue weighted by Crippen LogP contribution is 2.26. The summed E-state index contributed by atoms with van der Waals surface area (Å²) in [7, 11) is 1.37. The number of esters is 1. The van der Waals surface area contributed by atoms with Crippen LogP contribution in [-0.2, 0) is 22.5 Å². The minimum atomic E-state index is -0.288. The zero-order valence-corrected chi connectivity index (χ0v) is 14.2. The Morgan fingerprint density at radius 1 is 1.22 bits per heavy atom. The number of carbonyl (C=O) groups excluding carboxylic acids is 1. The zero-order chi connectivity index (χ0) is 17.0. The highest BCUT2D eigenvalue weighted by atomic mass is 35.5. The number of hydrogen-bond acceptors (Lipinski definition) is 4. The van der Waals surface area contributed by atoms with Crippen LogP contribution in [0.2, 0.25) is 5.02 Å². The standard InChI is InChI=1S/C18H20ClNO3/c1-11-6-14(21)7-12(2)15(11)10-20-17-8-13(4-5-16(17)19)9-18(22)23-3/h4-8,20-21H,9-10H2,1-3H3. The average molecular weight is 334 g/mol. The molecule has 0 radical (unpaired) electrons. The predicted octanol–water partition coefficient (Wildman–Crippen LogP) is 3.99. The van der Waals surface area contributed by atoms with E-state index in [1.165, 1.54) is 7.11 Å². The van der Waals surface area contributed by atoms with Crippen LogP contribution in [0.4, 0.5) is 5.69 Å². The summed E-state index contributed by atoms with van der Waals surface area (Å²) < 4.78 is 4.68. The lowest BCUT2D eigenvalue weighted by Gasteiger charge is -2.14. The number of benzene rings is 2. The minimum absolute atomic E-state index is 0.208. The number of anilines is 1. The Kier molecular flexibility index (Phi) is 5.50. The Labute approximate surface area is 141 Å². The van der Waals surface area contributed by atoms with Gasteiger partial charge in [0.25, 0.3) is 0 Å². The highest BCUT2D eigenvalue weighted by Gasteiger charge is 2.09. The van der Waals surface area contributed by atoms with Crippen LogP contribution in [0, 0.1) is 13.8 Å². The Bertz CT molecular complexity index is 705. The summed E-state index contributed by atoms with van der Waals surface area (Å²) in [5.41, 5.74) is 4.73. The molecule has 2 rings (SSSR count). The number of carbonyl (C=O) groups is 1. The first-order valence-electron chi connectivity index (χ1n) is 7.29. The van der Waals surface area contributed by atoms with Crippen molar-refractivity contribution in [2.45, 2.75) is 26.8 Å². The van der Waals surface area contributed by atoms with Crippen molar-refractivity contribution in [2.24, 2.45) is 0 Å². The van der Waals surface area contributed by atoms with Gasteiger partial charge >= 0.3 is 5.97 Å². The first kappa shape index (κ1) is 17.2. The summed E-state index contributed by atoms with van der Waals surface area (Å²) in [5, 5.41) is 13.5. The fraction of sp³-hybridized carbons (Fsp3) is 0.278. The molecule has 2 aromatic rings. The zero-order valence-electron chi connectivity index (χ0n) is 13.4. The summed E-state index contributed by atoms with van der Waals surface area (Å²) in [6.07, 6.45) is 0.208. The second kappa shape index (κ2) is 7.38. The van der Waals surface area contributed by atoms with Gasteiger partial charge in [-0.3, -0.25) is 4.79 Å². The Hall–Kier alpha value is -2.20. The number of aryl methyl sites for hydroxylation is 2. The second-order valence-corrected chi connectivity index (χ2v) is 5.89. The largest absolute Gasteiger partial charge is 0.508 e. The molecule has 0 atom stereocenters. The van der Waals surface area contributed by atoms with E-state index in [0.717, 1.165) is 27.9 Å². The summed E-state index contributed by atoms with van der Waals surface area (Å²) in [6.45, 7) is 4.50. The summed E-state index contributed by atoms with van der Waals surface area (Å²) in [4.78, 5) is 11.4. The van der Waals surface area contributed by atoms with Gasteiger partial charge in [-0.15, -0.1) is 0 Å². The highest BCUT2D eigenvalue weighted by molar-refractivity contribution is 6.33. The first-order valence-corrected chi connectivity index (χ1v) is 7.66. The van der Waals surface area contributed by atoms with Crippen molar-refractivity contribution in [2.75, 3.05) is 12.4 Å². The van der Waals surface area contributed by atoms with Crippen molar-refractivity contribution >= 4 is 23.3 Å². The fourth-order valence-electron chi connectivity index (χ4n) is 2.49. The van der Waals surface area contributed by atoms with Crippen LogP contribution in [0.15, 0.2) is 30.3 Å². The SMILES string of the molecule is COC(=O)Cc1ccc(Cl)c(NCc2c(C)cc(O)cc2C)c1. The number of phenols is 1. The van der Waals surface area contributed by atoms with Crippen molar-refractivity contribution in [3.05, 3.63) is 57.6 Å². The second-order valence-electron chi connectivity index (χ2n) is 5.48. The van der Waals surface area contributed by atoms with E-state index in [-0.39, 0.29) is 18.1 Å². The molecule has 0 spiro atoms. The third-order valence-electron chi connectivity index (χ3n) is 3.74. The molecule has 0 unspecified atom stereocenters. The molecule has 4 nitrogen and oxygen atoms in total. The van der Waals surface area contributed by atoms with Crippen LogP contribution in [0.5, 0.6) is 5.75 Å². The number of halogens is 1. The van der Waals surface area contributed by atoms with Crippen LogP contribution in [0.3, 0.4) is 0 Å². The monoisotopic (exact) mass is 333 g/mol. The smallest absolute Gasteiger partial charge is 0.309 e. The van der Waals surface area contributed by atoms with Gasteiger partial charge in [0.05, 0.1) is 24.2 Å². The lowest BCUT2D eigenvalue weighted by atomic mass is 10.0. The topological polar surface area (TPSA) is 58.6 Å². The molecule has 122 valence electrons. The van der Waals surface area contributed by atoms with E-state index in [4.69, 9.17) is 11.6 Å². The van der Waals surface area contributed by atoms with Crippen molar-refractivity contribution in [1.29, 1.82) is 0 Å². The van der Waals surface area contributed by atoms with Gasteiger partial charge in [0.2, 0.25) is 0 Å². The summed E-state index contributed by atoms with van der Waals surface area (Å²) in [5.74, 6) is -0.0228. The van der Waals surface area contributed by atoms with Gasteiger partial charge in [-0.05, 0) is 60.4 Å². The third-order valence-corrected chi connectivity index (χ3v) is 4.07. The van der Waals surface area contributed by atoms with E-state index in [0.29, 0.717) is 11.6 Å². The van der Waals surface area contributed by atoms with E-state index in [2.05, 4.69) is 10.1 Å². The van der Waals surface area contributed by atoms with Crippen LogP contribution < -0.4 is 5.32 Å². The molecule has 2 aromatic carbocycles. The van der Waals surface area contributed by atoms with Gasteiger partial charge in [-0.25, -0.2) is 0 Å². The van der Waals surface area contributed by atoms with E-state index in [1.54, 1.807) is 18.2 Å². The Balaban J connectivity index is 2.17. The number of ether oxygens (including phenoxy) is 1. The average Bonchev–Trinajstić information content (AvgIpc) is 2.49. The van der Waals surface area contributed by atoms with Crippen molar-refractivity contribution in [3.8, 4) is 5.75 Å². The molecule has 23 heavy (non-hydrogen) atoms. The van der Waals surface area contributed by atoms with Gasteiger partial charge in [-0.2, -0.15) is 0 Å². The van der Waals surface area contributed by atoms with E-state index in [1.807, 2.05) is 26.0 Å². The number of rotatable bonds is 5.